The first-order valence-electron chi connectivity index (χ1n) is 6.07. The van der Waals surface area contributed by atoms with E-state index in [1.165, 1.54) is 11.6 Å². The van der Waals surface area contributed by atoms with Crippen LogP contribution in [-0.2, 0) is 6.42 Å². The highest BCUT2D eigenvalue weighted by Crippen LogP contribution is 2.16. The van der Waals surface area contributed by atoms with E-state index in [4.69, 9.17) is 5.26 Å². The Kier molecular flexibility index (Phi) is 3.48. The van der Waals surface area contributed by atoms with Gasteiger partial charge in [-0.1, -0.05) is 17.7 Å². The van der Waals surface area contributed by atoms with E-state index >= 15 is 0 Å². The predicted octanol–water partition coefficient (Wildman–Crippen LogP) is 2.22. The van der Waals surface area contributed by atoms with E-state index < -0.39 is 0 Å². The molecule has 0 N–H and O–H groups in total. The number of nitriles is 1. The molecule has 0 radical (unpaired) electrons. The zero-order chi connectivity index (χ0) is 14.0. The summed E-state index contributed by atoms with van der Waals surface area (Å²) < 4.78 is 1.73. The quantitative estimate of drug-likeness (QED) is 0.824. The molecule has 0 aliphatic rings. The van der Waals surface area contributed by atoms with E-state index in [0.29, 0.717) is 0 Å². The molecule has 2 rings (SSSR count). The third kappa shape index (κ3) is 2.55. The zero-order valence-corrected chi connectivity index (χ0v) is 11.3. The Morgan fingerprint density at radius 2 is 2.00 bits per heavy atom. The molecular weight excluding hydrogens is 238 g/mol. The second-order valence-electron chi connectivity index (χ2n) is 4.63. The van der Waals surface area contributed by atoms with Crippen LogP contribution in [0.3, 0.4) is 0 Å². The van der Waals surface area contributed by atoms with Crippen LogP contribution in [0.4, 0.5) is 0 Å². The largest absolute Gasteiger partial charge is 0.288 e. The maximum atomic E-state index is 11.7. The lowest BCUT2D eigenvalue weighted by Gasteiger charge is -2.13. The number of aryl methyl sites for hydroxylation is 3. The van der Waals surface area contributed by atoms with E-state index in [2.05, 4.69) is 11.2 Å². The van der Waals surface area contributed by atoms with Gasteiger partial charge >= 0.3 is 0 Å². The Morgan fingerprint density at radius 1 is 1.26 bits per heavy atom. The highest BCUT2D eigenvalue weighted by Gasteiger charge is 2.09. The molecule has 0 atom stereocenters. The van der Waals surface area contributed by atoms with Gasteiger partial charge in [0.2, 0.25) is 5.43 Å². The summed E-state index contributed by atoms with van der Waals surface area (Å²) in [5, 5.41) is 13.0. The van der Waals surface area contributed by atoms with Crippen LogP contribution in [0.1, 0.15) is 22.5 Å². The van der Waals surface area contributed by atoms with Crippen molar-refractivity contribution >= 4 is 0 Å². The Balaban J connectivity index is 2.65. The van der Waals surface area contributed by atoms with Crippen molar-refractivity contribution in [2.24, 2.45) is 0 Å². The van der Waals surface area contributed by atoms with Crippen LogP contribution in [0, 0.1) is 32.1 Å². The van der Waals surface area contributed by atoms with Gasteiger partial charge in [0.25, 0.3) is 0 Å². The SMILES string of the molecule is Cc1ccc(-n2nc(CC#N)c(=O)cc2C)c(C)c1. The van der Waals surface area contributed by atoms with Gasteiger partial charge in [0, 0.05) is 11.8 Å². The van der Waals surface area contributed by atoms with E-state index in [1.54, 1.807) is 4.68 Å². The van der Waals surface area contributed by atoms with Crippen molar-refractivity contribution in [3.05, 3.63) is 57.0 Å². The molecule has 96 valence electrons. The molecule has 19 heavy (non-hydrogen) atoms. The third-order valence-electron chi connectivity index (χ3n) is 3.01. The van der Waals surface area contributed by atoms with Crippen LogP contribution in [0.15, 0.2) is 29.1 Å². The monoisotopic (exact) mass is 253 g/mol. The Bertz CT molecular complexity index is 723. The summed E-state index contributed by atoms with van der Waals surface area (Å²) in [6.07, 6.45) is 0.0318. The van der Waals surface area contributed by atoms with Crippen molar-refractivity contribution in [3.8, 4) is 11.8 Å². The minimum atomic E-state index is -0.180. The first-order chi connectivity index (χ1) is 9.02. The topological polar surface area (TPSA) is 58.7 Å². The highest BCUT2D eigenvalue weighted by atomic mass is 16.1. The average Bonchev–Trinajstić information content (AvgIpc) is 2.34. The van der Waals surface area contributed by atoms with Gasteiger partial charge in [0.15, 0.2) is 0 Å². The van der Waals surface area contributed by atoms with Crippen molar-refractivity contribution in [2.75, 3.05) is 0 Å². The molecule has 0 bridgehead atoms. The molecule has 1 heterocycles. The van der Waals surface area contributed by atoms with Gasteiger partial charge in [0.1, 0.15) is 5.69 Å². The first-order valence-corrected chi connectivity index (χ1v) is 6.07. The lowest BCUT2D eigenvalue weighted by Crippen LogP contribution is -2.19. The first kappa shape index (κ1) is 13.0. The molecule has 0 unspecified atom stereocenters. The van der Waals surface area contributed by atoms with Crippen molar-refractivity contribution in [1.29, 1.82) is 5.26 Å². The van der Waals surface area contributed by atoms with Gasteiger partial charge in [-0.25, -0.2) is 4.68 Å². The van der Waals surface area contributed by atoms with E-state index in [9.17, 15) is 4.79 Å². The van der Waals surface area contributed by atoms with Gasteiger partial charge in [0.05, 0.1) is 18.2 Å². The van der Waals surface area contributed by atoms with E-state index in [1.807, 2.05) is 39.0 Å². The lowest BCUT2D eigenvalue weighted by molar-refractivity contribution is 0.762. The van der Waals surface area contributed by atoms with Gasteiger partial charge in [-0.2, -0.15) is 10.4 Å². The normalized spacial score (nSPS) is 10.2. The Labute approximate surface area is 111 Å². The molecule has 0 fully saturated rings. The molecule has 1 aromatic carbocycles. The fraction of sp³-hybridized carbons (Fsp3) is 0.267. The minimum absolute atomic E-state index is 0.0318. The molecule has 0 saturated heterocycles. The fourth-order valence-electron chi connectivity index (χ4n) is 2.07. The Hall–Kier alpha value is -2.41. The van der Waals surface area contributed by atoms with Crippen LogP contribution < -0.4 is 5.43 Å². The summed E-state index contributed by atoms with van der Waals surface area (Å²) in [4.78, 5) is 11.7. The summed E-state index contributed by atoms with van der Waals surface area (Å²) in [6, 6.07) is 9.55. The molecule has 0 saturated carbocycles. The van der Waals surface area contributed by atoms with Crippen molar-refractivity contribution in [2.45, 2.75) is 27.2 Å². The molecule has 0 amide bonds. The van der Waals surface area contributed by atoms with E-state index in [-0.39, 0.29) is 17.5 Å². The highest BCUT2D eigenvalue weighted by molar-refractivity contribution is 5.42. The summed E-state index contributed by atoms with van der Waals surface area (Å²) >= 11 is 0. The summed E-state index contributed by atoms with van der Waals surface area (Å²) in [7, 11) is 0. The number of hydrogen-bond donors (Lipinski definition) is 0. The molecular formula is C15H15N3O. The van der Waals surface area contributed by atoms with Gasteiger partial charge < -0.3 is 0 Å². The minimum Gasteiger partial charge on any atom is -0.288 e. The number of rotatable bonds is 2. The van der Waals surface area contributed by atoms with Gasteiger partial charge in [-0.05, 0) is 32.4 Å². The number of nitrogens with zero attached hydrogens (tertiary/aromatic N) is 3. The molecule has 4 heteroatoms. The molecule has 0 aliphatic heterocycles. The van der Waals surface area contributed by atoms with Crippen LogP contribution >= 0.6 is 0 Å². The van der Waals surface area contributed by atoms with Crippen LogP contribution in [0.2, 0.25) is 0 Å². The van der Waals surface area contributed by atoms with E-state index in [0.717, 1.165) is 16.9 Å². The van der Waals surface area contributed by atoms with Gasteiger partial charge in [-0.15, -0.1) is 0 Å². The molecule has 2 aromatic rings. The second kappa shape index (κ2) is 5.07. The Morgan fingerprint density at radius 3 is 2.63 bits per heavy atom. The van der Waals surface area contributed by atoms with Gasteiger partial charge in [-0.3, -0.25) is 4.79 Å². The number of benzene rings is 1. The maximum Gasteiger partial charge on any atom is 0.204 e. The standard InChI is InChI=1S/C15H15N3O/c1-10-4-5-14(11(2)8-10)18-12(3)9-15(19)13(17-18)6-7-16/h4-5,8-9H,6H2,1-3H3. The van der Waals surface area contributed by atoms with Crippen LogP contribution in [0.25, 0.3) is 5.69 Å². The zero-order valence-electron chi connectivity index (χ0n) is 11.3. The number of hydrogen-bond acceptors (Lipinski definition) is 3. The average molecular weight is 253 g/mol. The second-order valence-corrected chi connectivity index (χ2v) is 4.63. The lowest BCUT2D eigenvalue weighted by atomic mass is 10.1. The summed E-state index contributed by atoms with van der Waals surface area (Å²) in [6.45, 7) is 5.87. The van der Waals surface area contributed by atoms with Crippen molar-refractivity contribution < 1.29 is 0 Å². The maximum absolute atomic E-state index is 11.7. The fourth-order valence-corrected chi connectivity index (χ4v) is 2.07. The molecule has 1 aromatic heterocycles. The summed E-state index contributed by atoms with van der Waals surface area (Å²) in [5.74, 6) is 0. The molecule has 0 spiro atoms. The van der Waals surface area contributed by atoms with Crippen molar-refractivity contribution in [1.82, 2.24) is 9.78 Å². The molecule has 0 aliphatic carbocycles. The molecule has 4 nitrogen and oxygen atoms in total. The van der Waals surface area contributed by atoms with Crippen LogP contribution in [0.5, 0.6) is 0 Å². The van der Waals surface area contributed by atoms with Crippen molar-refractivity contribution in [3.63, 3.8) is 0 Å². The smallest absolute Gasteiger partial charge is 0.204 e. The third-order valence-corrected chi connectivity index (χ3v) is 3.01. The van der Waals surface area contributed by atoms with Crippen LogP contribution in [-0.4, -0.2) is 9.78 Å². The number of aromatic nitrogens is 2. The predicted molar refractivity (Wildman–Crippen MR) is 73.4 cm³/mol. The summed E-state index contributed by atoms with van der Waals surface area (Å²) in [5.41, 5.74) is 4.06.